The lowest BCUT2D eigenvalue weighted by atomic mass is 10.1. The van der Waals surface area contributed by atoms with Crippen molar-refractivity contribution in [1.29, 1.82) is 0 Å². The van der Waals surface area contributed by atoms with Crippen LogP contribution < -0.4 is 10.6 Å². The fourth-order valence-electron chi connectivity index (χ4n) is 2.13. The first-order chi connectivity index (χ1) is 9.70. The Labute approximate surface area is 124 Å². The Morgan fingerprint density at radius 3 is 1.75 bits per heavy atom. The molecule has 0 saturated heterocycles. The molecule has 0 aromatic heterocycles. The number of carbonyl (C=O) groups is 2. The van der Waals surface area contributed by atoms with Gasteiger partial charge < -0.3 is 10.6 Å². The third-order valence-corrected chi connectivity index (χ3v) is 3.50. The zero-order valence-electron chi connectivity index (χ0n) is 13.3. The van der Waals surface area contributed by atoms with Crippen molar-refractivity contribution in [1.82, 2.24) is 10.6 Å². The molecular weight excluding hydrogens is 252 g/mol. The molecule has 0 bridgehead atoms. The lowest BCUT2D eigenvalue weighted by Gasteiger charge is -2.04. The highest BCUT2D eigenvalue weighted by atomic mass is 16.2. The Morgan fingerprint density at radius 2 is 1.25 bits per heavy atom. The van der Waals surface area contributed by atoms with Crippen molar-refractivity contribution < 1.29 is 9.59 Å². The predicted molar refractivity (Wildman–Crippen MR) is 83.5 cm³/mol. The van der Waals surface area contributed by atoms with E-state index in [1.165, 1.54) is 38.5 Å². The van der Waals surface area contributed by atoms with Gasteiger partial charge in [-0.2, -0.15) is 0 Å². The zero-order chi connectivity index (χ0) is 15.1. The van der Waals surface area contributed by atoms with Crippen molar-refractivity contribution >= 4 is 11.8 Å². The fraction of sp³-hybridized carbons (Fsp3) is 0.875. The van der Waals surface area contributed by atoms with E-state index >= 15 is 0 Å². The number of hydrogen-bond donors (Lipinski definition) is 2. The van der Waals surface area contributed by atoms with Crippen LogP contribution in [-0.4, -0.2) is 25.4 Å². The molecule has 0 heterocycles. The van der Waals surface area contributed by atoms with Crippen molar-refractivity contribution in [3.63, 3.8) is 0 Å². The minimum absolute atomic E-state index is 0.153. The molecule has 0 radical (unpaired) electrons. The summed E-state index contributed by atoms with van der Waals surface area (Å²) in [5.41, 5.74) is 0. The Hall–Kier alpha value is -1.06. The smallest absolute Gasteiger partial charge is 0.219 e. The van der Waals surface area contributed by atoms with E-state index in [0.29, 0.717) is 12.8 Å². The van der Waals surface area contributed by atoms with Gasteiger partial charge in [-0.3, -0.25) is 9.59 Å². The molecule has 0 rings (SSSR count). The van der Waals surface area contributed by atoms with E-state index in [1.807, 2.05) is 6.92 Å². The zero-order valence-corrected chi connectivity index (χ0v) is 13.3. The quantitative estimate of drug-likeness (QED) is 0.510. The summed E-state index contributed by atoms with van der Waals surface area (Å²) >= 11 is 0. The summed E-state index contributed by atoms with van der Waals surface area (Å²) < 4.78 is 0. The molecule has 0 fully saturated rings. The monoisotopic (exact) mass is 284 g/mol. The molecule has 4 heteroatoms. The van der Waals surface area contributed by atoms with E-state index in [4.69, 9.17) is 0 Å². The van der Waals surface area contributed by atoms with Gasteiger partial charge in [0.1, 0.15) is 0 Å². The Morgan fingerprint density at radius 1 is 0.750 bits per heavy atom. The molecule has 2 amide bonds. The summed E-state index contributed by atoms with van der Waals surface area (Å²) in [5.74, 6) is 0.307. The number of unbranched alkanes of at least 4 members (excludes halogenated alkanes) is 8. The second-order valence-electron chi connectivity index (χ2n) is 5.31. The average molecular weight is 284 g/mol. The number of amides is 2. The topological polar surface area (TPSA) is 58.2 Å². The Balaban J connectivity index is 3.06. The number of carbonyl (C=O) groups excluding carboxylic acids is 2. The van der Waals surface area contributed by atoms with E-state index in [1.54, 1.807) is 7.05 Å². The second-order valence-corrected chi connectivity index (χ2v) is 5.31. The summed E-state index contributed by atoms with van der Waals surface area (Å²) in [7, 11) is 1.69. The molecule has 0 aromatic rings. The molecule has 4 nitrogen and oxygen atoms in total. The molecule has 0 aliphatic heterocycles. The molecule has 20 heavy (non-hydrogen) atoms. The lowest BCUT2D eigenvalue weighted by Crippen LogP contribution is -2.23. The van der Waals surface area contributed by atoms with Crippen LogP contribution in [0.5, 0.6) is 0 Å². The van der Waals surface area contributed by atoms with Crippen molar-refractivity contribution in [2.75, 3.05) is 13.6 Å². The highest BCUT2D eigenvalue weighted by Gasteiger charge is 1.98. The van der Waals surface area contributed by atoms with E-state index in [9.17, 15) is 9.59 Å². The maximum Gasteiger partial charge on any atom is 0.219 e. The normalized spacial score (nSPS) is 10.3. The van der Waals surface area contributed by atoms with Gasteiger partial charge >= 0.3 is 0 Å². The number of hydrogen-bond acceptors (Lipinski definition) is 2. The summed E-state index contributed by atoms with van der Waals surface area (Å²) in [6.45, 7) is 2.70. The van der Waals surface area contributed by atoms with Gasteiger partial charge in [0.05, 0.1) is 0 Å². The summed E-state index contributed by atoms with van der Waals surface area (Å²) in [6.07, 6.45) is 12.1. The average Bonchev–Trinajstić information content (AvgIpc) is 2.47. The van der Waals surface area contributed by atoms with Crippen molar-refractivity contribution in [2.24, 2.45) is 0 Å². The van der Waals surface area contributed by atoms with Crippen LogP contribution in [0.3, 0.4) is 0 Å². The third-order valence-electron chi connectivity index (χ3n) is 3.50. The SMILES string of the molecule is CCC(=O)NCCCCCCCCCCCC(=O)NC. The van der Waals surface area contributed by atoms with Gasteiger partial charge in [-0.25, -0.2) is 0 Å². The van der Waals surface area contributed by atoms with E-state index in [0.717, 1.165) is 25.8 Å². The Kier molecular flexibility index (Phi) is 13.6. The first kappa shape index (κ1) is 18.9. The van der Waals surface area contributed by atoms with Gasteiger partial charge in [0.25, 0.3) is 0 Å². The van der Waals surface area contributed by atoms with Crippen LogP contribution >= 0.6 is 0 Å². The maximum absolute atomic E-state index is 11.0. The van der Waals surface area contributed by atoms with Crippen LogP contribution in [0.4, 0.5) is 0 Å². The standard InChI is InChI=1S/C16H32N2O2/c1-3-15(19)18-14-12-10-8-6-4-5-7-9-11-13-16(20)17-2/h3-14H2,1-2H3,(H,17,20)(H,18,19). The molecule has 0 aliphatic rings. The highest BCUT2D eigenvalue weighted by molar-refractivity contribution is 5.75. The van der Waals surface area contributed by atoms with Crippen LogP contribution in [0.15, 0.2) is 0 Å². The summed E-state index contributed by atoms with van der Waals surface area (Å²) in [6, 6.07) is 0. The van der Waals surface area contributed by atoms with Gasteiger partial charge in [0, 0.05) is 26.4 Å². The molecular formula is C16H32N2O2. The molecule has 0 aliphatic carbocycles. The minimum atomic E-state index is 0.153. The molecule has 0 saturated carbocycles. The molecule has 0 atom stereocenters. The van der Waals surface area contributed by atoms with Gasteiger partial charge in [-0.05, 0) is 12.8 Å². The largest absolute Gasteiger partial charge is 0.359 e. The molecule has 0 aromatic carbocycles. The first-order valence-corrected chi connectivity index (χ1v) is 8.18. The van der Waals surface area contributed by atoms with Gasteiger partial charge in [-0.1, -0.05) is 51.9 Å². The molecule has 2 N–H and O–H groups in total. The molecule has 0 spiro atoms. The van der Waals surface area contributed by atoms with Crippen LogP contribution in [0.1, 0.15) is 77.6 Å². The third kappa shape index (κ3) is 13.4. The van der Waals surface area contributed by atoms with Crippen molar-refractivity contribution in [3.8, 4) is 0 Å². The van der Waals surface area contributed by atoms with Crippen LogP contribution in [0, 0.1) is 0 Å². The van der Waals surface area contributed by atoms with E-state index in [2.05, 4.69) is 10.6 Å². The Bertz CT molecular complexity index is 229. The number of rotatable bonds is 13. The van der Waals surface area contributed by atoms with Crippen molar-refractivity contribution in [2.45, 2.75) is 77.6 Å². The number of nitrogens with one attached hydrogen (secondary N) is 2. The highest BCUT2D eigenvalue weighted by Crippen LogP contribution is 2.10. The van der Waals surface area contributed by atoms with Crippen molar-refractivity contribution in [3.05, 3.63) is 0 Å². The van der Waals surface area contributed by atoms with Gasteiger partial charge in [0.15, 0.2) is 0 Å². The summed E-state index contributed by atoms with van der Waals surface area (Å²) in [5, 5.41) is 5.55. The van der Waals surface area contributed by atoms with Gasteiger partial charge in [-0.15, -0.1) is 0 Å². The van der Waals surface area contributed by atoms with E-state index in [-0.39, 0.29) is 11.8 Å². The van der Waals surface area contributed by atoms with Gasteiger partial charge in [0.2, 0.25) is 11.8 Å². The lowest BCUT2D eigenvalue weighted by molar-refractivity contribution is -0.121. The minimum Gasteiger partial charge on any atom is -0.359 e. The van der Waals surface area contributed by atoms with E-state index < -0.39 is 0 Å². The van der Waals surface area contributed by atoms with Crippen LogP contribution in [-0.2, 0) is 9.59 Å². The van der Waals surface area contributed by atoms with Crippen LogP contribution in [0.2, 0.25) is 0 Å². The second kappa shape index (κ2) is 14.4. The molecule has 0 unspecified atom stereocenters. The summed E-state index contributed by atoms with van der Waals surface area (Å²) in [4.78, 5) is 22.0. The fourth-order valence-corrected chi connectivity index (χ4v) is 2.13. The predicted octanol–water partition coefficient (Wildman–Crippen LogP) is 3.16. The maximum atomic E-state index is 11.0. The first-order valence-electron chi connectivity index (χ1n) is 8.18. The molecule has 118 valence electrons. The van der Waals surface area contributed by atoms with Crippen LogP contribution in [0.25, 0.3) is 0 Å².